The van der Waals surface area contributed by atoms with Crippen LogP contribution in [0.15, 0.2) is 48.5 Å². The molecule has 2 N–H and O–H groups in total. The SMILES string of the molecule is CCc1ccc(C(=O)NC2CCC(NC(=O)c3ccc(CCCCCCCC[N+](C)(C)C)cc3)CC2)cc1. The van der Waals surface area contributed by atoms with E-state index in [0.717, 1.165) is 48.6 Å². The lowest BCUT2D eigenvalue weighted by Crippen LogP contribution is -2.43. The first-order valence-electron chi connectivity index (χ1n) is 14.8. The van der Waals surface area contributed by atoms with Crippen LogP contribution in [0.1, 0.15) is 103 Å². The number of aryl methyl sites for hydroxylation is 2. The summed E-state index contributed by atoms with van der Waals surface area (Å²) in [6, 6.07) is 16.3. The molecule has 3 rings (SSSR count). The smallest absolute Gasteiger partial charge is 0.251 e. The highest BCUT2D eigenvalue weighted by atomic mass is 16.2. The Morgan fingerprint density at radius 3 is 1.53 bits per heavy atom. The molecular formula is C33H50N3O2+. The zero-order valence-electron chi connectivity index (χ0n) is 24.2. The molecular weight excluding hydrogens is 470 g/mol. The molecule has 2 amide bonds. The van der Waals surface area contributed by atoms with Crippen molar-refractivity contribution in [1.29, 1.82) is 0 Å². The predicted molar refractivity (Wildman–Crippen MR) is 158 cm³/mol. The first-order chi connectivity index (χ1) is 18.2. The van der Waals surface area contributed by atoms with E-state index in [0.29, 0.717) is 5.56 Å². The highest BCUT2D eigenvalue weighted by Crippen LogP contribution is 2.20. The average Bonchev–Trinajstić information content (AvgIpc) is 2.91. The van der Waals surface area contributed by atoms with E-state index in [1.807, 2.05) is 36.4 Å². The molecule has 1 aliphatic carbocycles. The molecule has 0 saturated heterocycles. The number of rotatable bonds is 14. The van der Waals surface area contributed by atoms with E-state index in [1.54, 1.807) is 0 Å². The van der Waals surface area contributed by atoms with E-state index in [2.05, 4.69) is 50.8 Å². The number of hydrogen-bond donors (Lipinski definition) is 2. The highest BCUT2D eigenvalue weighted by molar-refractivity contribution is 5.95. The van der Waals surface area contributed by atoms with Gasteiger partial charge in [-0.25, -0.2) is 0 Å². The first-order valence-corrected chi connectivity index (χ1v) is 14.8. The maximum absolute atomic E-state index is 12.8. The van der Waals surface area contributed by atoms with Gasteiger partial charge in [0.25, 0.3) is 11.8 Å². The molecule has 38 heavy (non-hydrogen) atoms. The lowest BCUT2D eigenvalue weighted by atomic mass is 9.90. The highest BCUT2D eigenvalue weighted by Gasteiger charge is 2.24. The van der Waals surface area contributed by atoms with Gasteiger partial charge in [-0.05, 0) is 93.2 Å². The van der Waals surface area contributed by atoms with Crippen LogP contribution < -0.4 is 10.6 Å². The number of carbonyl (C=O) groups is 2. The van der Waals surface area contributed by atoms with Crippen molar-refractivity contribution < 1.29 is 14.1 Å². The number of hydrogen-bond acceptors (Lipinski definition) is 2. The van der Waals surface area contributed by atoms with Gasteiger partial charge in [-0.1, -0.05) is 50.5 Å². The summed E-state index contributed by atoms with van der Waals surface area (Å²) in [5, 5.41) is 6.38. The van der Waals surface area contributed by atoms with Gasteiger partial charge in [0, 0.05) is 23.2 Å². The van der Waals surface area contributed by atoms with Gasteiger partial charge >= 0.3 is 0 Å². The zero-order valence-corrected chi connectivity index (χ0v) is 24.2. The van der Waals surface area contributed by atoms with Crippen molar-refractivity contribution in [3.05, 3.63) is 70.8 Å². The van der Waals surface area contributed by atoms with Crippen LogP contribution in [0.2, 0.25) is 0 Å². The van der Waals surface area contributed by atoms with Gasteiger partial charge in [0.15, 0.2) is 0 Å². The molecule has 0 aliphatic heterocycles. The summed E-state index contributed by atoms with van der Waals surface area (Å²) in [5.74, 6) is 0.00430. The average molecular weight is 521 g/mol. The second-order valence-corrected chi connectivity index (χ2v) is 12.1. The minimum Gasteiger partial charge on any atom is -0.349 e. The fraction of sp³-hybridized carbons (Fsp3) is 0.576. The molecule has 208 valence electrons. The maximum Gasteiger partial charge on any atom is 0.251 e. The molecule has 1 saturated carbocycles. The van der Waals surface area contributed by atoms with E-state index in [4.69, 9.17) is 0 Å². The third kappa shape index (κ3) is 10.6. The monoisotopic (exact) mass is 520 g/mol. The predicted octanol–water partition coefficient (Wildman–Crippen LogP) is 6.31. The van der Waals surface area contributed by atoms with Crippen molar-refractivity contribution in [3.8, 4) is 0 Å². The van der Waals surface area contributed by atoms with Crippen molar-refractivity contribution in [2.45, 2.75) is 96.1 Å². The molecule has 0 aromatic heterocycles. The van der Waals surface area contributed by atoms with E-state index in [-0.39, 0.29) is 23.9 Å². The van der Waals surface area contributed by atoms with Crippen LogP contribution in [0.3, 0.4) is 0 Å². The summed E-state index contributed by atoms with van der Waals surface area (Å²) >= 11 is 0. The second kappa shape index (κ2) is 15.1. The number of benzene rings is 2. The zero-order chi connectivity index (χ0) is 27.4. The molecule has 1 aliphatic rings. The van der Waals surface area contributed by atoms with Crippen LogP contribution in [0.25, 0.3) is 0 Å². The van der Waals surface area contributed by atoms with Crippen molar-refractivity contribution in [3.63, 3.8) is 0 Å². The van der Waals surface area contributed by atoms with E-state index in [1.165, 1.54) is 56.2 Å². The molecule has 2 aromatic carbocycles. The molecule has 0 bridgehead atoms. The number of nitrogens with one attached hydrogen (secondary N) is 2. The van der Waals surface area contributed by atoms with Gasteiger partial charge < -0.3 is 15.1 Å². The van der Waals surface area contributed by atoms with Gasteiger partial charge in [-0.2, -0.15) is 0 Å². The Morgan fingerprint density at radius 2 is 1.08 bits per heavy atom. The molecule has 5 nitrogen and oxygen atoms in total. The quantitative estimate of drug-likeness (QED) is 0.227. The Balaban J connectivity index is 1.30. The van der Waals surface area contributed by atoms with Crippen molar-refractivity contribution in [2.75, 3.05) is 27.7 Å². The van der Waals surface area contributed by atoms with E-state index >= 15 is 0 Å². The lowest BCUT2D eigenvalue weighted by Gasteiger charge is -2.29. The molecule has 0 heterocycles. The van der Waals surface area contributed by atoms with Gasteiger partial charge in [0.05, 0.1) is 27.7 Å². The van der Waals surface area contributed by atoms with Crippen LogP contribution >= 0.6 is 0 Å². The Morgan fingerprint density at radius 1 is 0.658 bits per heavy atom. The third-order valence-corrected chi connectivity index (χ3v) is 7.78. The van der Waals surface area contributed by atoms with Gasteiger partial charge in [0.2, 0.25) is 0 Å². The summed E-state index contributed by atoms with van der Waals surface area (Å²) in [7, 11) is 6.78. The van der Waals surface area contributed by atoms with Crippen molar-refractivity contribution in [2.24, 2.45) is 0 Å². The molecule has 1 fully saturated rings. The fourth-order valence-electron chi connectivity index (χ4n) is 5.26. The third-order valence-electron chi connectivity index (χ3n) is 7.78. The van der Waals surface area contributed by atoms with Crippen LogP contribution in [0.5, 0.6) is 0 Å². The number of nitrogens with zero attached hydrogens (tertiary/aromatic N) is 1. The van der Waals surface area contributed by atoms with Gasteiger partial charge in [-0.15, -0.1) is 0 Å². The summed E-state index contributed by atoms with van der Waals surface area (Å²) in [5.41, 5.74) is 4.00. The van der Waals surface area contributed by atoms with Crippen LogP contribution in [0.4, 0.5) is 0 Å². The van der Waals surface area contributed by atoms with Crippen LogP contribution in [-0.2, 0) is 12.8 Å². The second-order valence-electron chi connectivity index (χ2n) is 12.1. The minimum atomic E-state index is -0.00397. The minimum absolute atomic E-state index is 0.00397. The number of amides is 2. The van der Waals surface area contributed by atoms with Gasteiger partial charge in [-0.3, -0.25) is 9.59 Å². The summed E-state index contributed by atoms with van der Waals surface area (Å²) in [6.45, 7) is 3.37. The molecule has 0 unspecified atom stereocenters. The van der Waals surface area contributed by atoms with Crippen molar-refractivity contribution in [1.82, 2.24) is 10.6 Å². The molecule has 0 spiro atoms. The van der Waals surface area contributed by atoms with Crippen LogP contribution in [0, 0.1) is 0 Å². The lowest BCUT2D eigenvalue weighted by molar-refractivity contribution is -0.870. The van der Waals surface area contributed by atoms with E-state index in [9.17, 15) is 9.59 Å². The molecule has 0 radical (unpaired) electrons. The molecule has 0 atom stereocenters. The maximum atomic E-state index is 12.8. The number of unbranched alkanes of at least 4 members (excludes halogenated alkanes) is 5. The Labute approximate surface area is 231 Å². The van der Waals surface area contributed by atoms with E-state index < -0.39 is 0 Å². The number of quaternary nitrogens is 1. The fourth-order valence-corrected chi connectivity index (χ4v) is 5.26. The number of carbonyl (C=O) groups excluding carboxylic acids is 2. The largest absolute Gasteiger partial charge is 0.349 e. The summed E-state index contributed by atoms with van der Waals surface area (Å²) < 4.78 is 1.06. The molecule has 5 heteroatoms. The summed E-state index contributed by atoms with van der Waals surface area (Å²) in [6.07, 6.45) is 13.4. The normalized spacial score (nSPS) is 17.7. The molecule has 2 aromatic rings. The van der Waals surface area contributed by atoms with Crippen LogP contribution in [-0.4, -0.2) is 56.1 Å². The topological polar surface area (TPSA) is 58.2 Å². The van der Waals surface area contributed by atoms with Gasteiger partial charge in [0.1, 0.15) is 0 Å². The standard InChI is InChI=1S/C33H49N3O2/c1-5-26-13-17-28(18-14-26)32(37)34-30-21-23-31(24-22-30)35-33(38)29-19-15-27(16-20-29)12-10-8-6-7-9-11-25-36(2,3)4/h13-20,30-31H,5-12,21-25H2,1-4H3,(H-,34,35,37,38)/p+1. The Hall–Kier alpha value is -2.66. The Bertz CT molecular complexity index is 984. The first kappa shape index (κ1) is 29.9. The van der Waals surface area contributed by atoms with Crippen molar-refractivity contribution >= 4 is 11.8 Å². The summed E-state index contributed by atoms with van der Waals surface area (Å²) in [4.78, 5) is 25.4. The Kier molecular flexibility index (Phi) is 11.8.